The lowest BCUT2D eigenvalue weighted by Gasteiger charge is -2.22. The predicted octanol–water partition coefficient (Wildman–Crippen LogP) is 4.58. The summed E-state index contributed by atoms with van der Waals surface area (Å²) in [5.74, 6) is -0.175. The third kappa shape index (κ3) is 2.25. The molecule has 1 nitrogen and oxygen atoms in total. The summed E-state index contributed by atoms with van der Waals surface area (Å²) >= 11 is 0. The van der Waals surface area contributed by atoms with E-state index < -0.39 is 0 Å². The molecule has 116 valence electrons. The normalized spacial score (nSPS) is 18.3. The monoisotopic (exact) mass is 298 g/mol. The largest absolute Gasteiger partial charge is 0.212 e. The van der Waals surface area contributed by atoms with E-state index in [-0.39, 0.29) is 16.6 Å². The van der Waals surface area contributed by atoms with Gasteiger partial charge in [0.05, 0.1) is 0 Å². The molecule has 2 heteroatoms. The molecule has 0 radical (unpaired) electrons. The van der Waals surface area contributed by atoms with Crippen molar-refractivity contribution in [1.82, 2.24) is 0 Å². The van der Waals surface area contributed by atoms with Gasteiger partial charge in [0.25, 0.3) is 0 Å². The van der Waals surface area contributed by atoms with E-state index in [0.29, 0.717) is 0 Å². The molecule has 0 fully saturated rings. The first kappa shape index (κ1) is 15.2. The van der Waals surface area contributed by atoms with Crippen molar-refractivity contribution < 1.29 is 8.96 Å². The third-order valence-corrected chi connectivity index (χ3v) is 5.08. The molecule has 1 aromatic heterocycles. The number of aryl methyl sites for hydroxylation is 2. The molecule has 1 aromatic carbocycles. The molecule has 22 heavy (non-hydrogen) atoms. The van der Waals surface area contributed by atoms with Gasteiger partial charge >= 0.3 is 0 Å². The Bertz CT molecular complexity index is 757. The van der Waals surface area contributed by atoms with Crippen LogP contribution in [0.3, 0.4) is 0 Å². The van der Waals surface area contributed by atoms with Crippen molar-refractivity contribution in [2.45, 2.75) is 51.9 Å². The Kier molecular flexibility index (Phi) is 3.21. The van der Waals surface area contributed by atoms with Crippen molar-refractivity contribution in [3.05, 3.63) is 53.0 Å². The molecule has 1 heterocycles. The van der Waals surface area contributed by atoms with Gasteiger partial charge in [-0.1, -0.05) is 27.7 Å². The first-order valence-electron chi connectivity index (χ1n) is 7.93. The standard InChI is InChI=1S/C20H25FN/c1-13-9-14(21)7-8-15(13)18-10-16-17(11-22(18)6)20(4,5)12-19(16,2)3/h7-11H,12H2,1-6H3/q+1. The van der Waals surface area contributed by atoms with Crippen LogP contribution < -0.4 is 4.57 Å². The van der Waals surface area contributed by atoms with Crippen molar-refractivity contribution in [3.8, 4) is 11.3 Å². The van der Waals surface area contributed by atoms with Gasteiger partial charge in [-0.2, -0.15) is 0 Å². The van der Waals surface area contributed by atoms with Crippen LogP contribution in [0.1, 0.15) is 50.8 Å². The molecule has 1 aliphatic carbocycles. The van der Waals surface area contributed by atoms with E-state index in [4.69, 9.17) is 0 Å². The van der Waals surface area contributed by atoms with E-state index in [1.165, 1.54) is 11.1 Å². The van der Waals surface area contributed by atoms with Gasteiger partial charge in [0.1, 0.15) is 12.9 Å². The number of hydrogen-bond acceptors (Lipinski definition) is 0. The second-order valence-corrected chi connectivity index (χ2v) is 8.00. The van der Waals surface area contributed by atoms with Crippen LogP contribution in [-0.2, 0) is 17.9 Å². The molecule has 0 amide bonds. The summed E-state index contributed by atoms with van der Waals surface area (Å²) in [5, 5.41) is 0. The Balaban J connectivity index is 2.25. The minimum atomic E-state index is -0.175. The fourth-order valence-electron chi connectivity index (χ4n) is 4.23. The number of nitrogens with zero attached hydrogens (tertiary/aromatic N) is 1. The van der Waals surface area contributed by atoms with Crippen LogP contribution in [0, 0.1) is 12.7 Å². The lowest BCUT2D eigenvalue weighted by molar-refractivity contribution is -0.661. The summed E-state index contributed by atoms with van der Waals surface area (Å²) < 4.78 is 15.6. The molecule has 3 rings (SSSR count). The van der Waals surface area contributed by atoms with Gasteiger partial charge in [-0.3, -0.25) is 0 Å². The van der Waals surface area contributed by atoms with Crippen molar-refractivity contribution in [3.63, 3.8) is 0 Å². The number of halogens is 1. The van der Waals surface area contributed by atoms with Crippen molar-refractivity contribution in [1.29, 1.82) is 0 Å². The maximum Gasteiger partial charge on any atom is 0.212 e. The van der Waals surface area contributed by atoms with Crippen molar-refractivity contribution in [2.24, 2.45) is 7.05 Å². The third-order valence-electron chi connectivity index (χ3n) is 5.08. The molecule has 0 aliphatic heterocycles. The molecule has 1 aliphatic rings. The fraction of sp³-hybridized carbons (Fsp3) is 0.450. The van der Waals surface area contributed by atoms with Gasteiger partial charge in [-0.15, -0.1) is 0 Å². The van der Waals surface area contributed by atoms with E-state index in [2.05, 4.69) is 51.6 Å². The maximum absolute atomic E-state index is 13.4. The fourth-order valence-corrected chi connectivity index (χ4v) is 4.23. The molecule has 0 saturated heterocycles. The van der Waals surface area contributed by atoms with Gasteiger partial charge < -0.3 is 0 Å². The van der Waals surface area contributed by atoms with Crippen LogP contribution in [0.5, 0.6) is 0 Å². The lowest BCUT2D eigenvalue weighted by atomic mass is 9.82. The topological polar surface area (TPSA) is 3.88 Å². The highest BCUT2D eigenvalue weighted by atomic mass is 19.1. The molecule has 0 unspecified atom stereocenters. The zero-order valence-corrected chi connectivity index (χ0v) is 14.4. The summed E-state index contributed by atoms with van der Waals surface area (Å²) in [7, 11) is 2.08. The first-order chi connectivity index (χ1) is 10.1. The van der Waals surface area contributed by atoms with Crippen LogP contribution in [0.4, 0.5) is 4.39 Å². The van der Waals surface area contributed by atoms with Gasteiger partial charge in [0, 0.05) is 17.2 Å². The van der Waals surface area contributed by atoms with Gasteiger partial charge in [0.15, 0.2) is 6.20 Å². The second kappa shape index (κ2) is 4.65. The number of hydrogen-bond donors (Lipinski definition) is 0. The van der Waals surface area contributed by atoms with Crippen molar-refractivity contribution >= 4 is 0 Å². The number of aromatic nitrogens is 1. The minimum absolute atomic E-state index is 0.175. The summed E-state index contributed by atoms with van der Waals surface area (Å²) in [6.45, 7) is 11.3. The Hall–Kier alpha value is -1.70. The average molecular weight is 298 g/mol. The molecule has 2 aromatic rings. The summed E-state index contributed by atoms with van der Waals surface area (Å²) in [4.78, 5) is 0. The van der Waals surface area contributed by atoms with E-state index >= 15 is 0 Å². The van der Waals surface area contributed by atoms with Crippen LogP contribution in [0.2, 0.25) is 0 Å². The predicted molar refractivity (Wildman–Crippen MR) is 88.4 cm³/mol. The summed E-state index contributed by atoms with van der Waals surface area (Å²) in [6.07, 6.45) is 3.42. The van der Waals surface area contributed by atoms with Crippen molar-refractivity contribution in [2.75, 3.05) is 0 Å². The van der Waals surface area contributed by atoms with Crippen LogP contribution >= 0.6 is 0 Å². The highest BCUT2D eigenvalue weighted by Gasteiger charge is 2.44. The highest BCUT2D eigenvalue weighted by Crippen LogP contribution is 2.49. The Morgan fingerprint density at radius 3 is 2.27 bits per heavy atom. The zero-order valence-electron chi connectivity index (χ0n) is 14.4. The molecular formula is C20H25FN+. The number of benzene rings is 1. The highest BCUT2D eigenvalue weighted by molar-refractivity contribution is 5.63. The number of fused-ring (bicyclic) bond motifs is 1. The number of pyridine rings is 1. The quantitative estimate of drug-likeness (QED) is 0.678. The van der Waals surface area contributed by atoms with Crippen LogP contribution in [0.25, 0.3) is 11.3 Å². The summed E-state index contributed by atoms with van der Waals surface area (Å²) in [6, 6.07) is 7.35. The van der Waals surface area contributed by atoms with Crippen LogP contribution in [-0.4, -0.2) is 0 Å². The van der Waals surface area contributed by atoms with E-state index in [9.17, 15) is 4.39 Å². The Morgan fingerprint density at radius 1 is 1.00 bits per heavy atom. The van der Waals surface area contributed by atoms with E-state index in [1.54, 1.807) is 12.1 Å². The smallest absolute Gasteiger partial charge is 0.207 e. The van der Waals surface area contributed by atoms with Gasteiger partial charge in [-0.25, -0.2) is 8.96 Å². The second-order valence-electron chi connectivity index (χ2n) is 8.00. The first-order valence-corrected chi connectivity index (χ1v) is 7.93. The molecule has 0 saturated carbocycles. The number of rotatable bonds is 1. The molecule has 0 N–H and O–H groups in total. The zero-order chi connectivity index (χ0) is 16.3. The maximum atomic E-state index is 13.4. The van der Waals surface area contributed by atoms with Gasteiger partial charge in [-0.05, 0) is 53.5 Å². The molecule has 0 bridgehead atoms. The van der Waals surface area contributed by atoms with E-state index in [0.717, 1.165) is 23.2 Å². The molecule has 0 atom stereocenters. The Morgan fingerprint density at radius 2 is 1.64 bits per heavy atom. The minimum Gasteiger partial charge on any atom is -0.207 e. The lowest BCUT2D eigenvalue weighted by Crippen LogP contribution is -2.33. The summed E-state index contributed by atoms with van der Waals surface area (Å²) in [5.41, 5.74) is 6.47. The van der Waals surface area contributed by atoms with E-state index in [1.807, 2.05) is 13.0 Å². The molecule has 0 spiro atoms. The average Bonchev–Trinajstić information content (AvgIpc) is 2.54. The SMILES string of the molecule is Cc1cc(F)ccc1-c1cc2c(c[n+]1C)C(C)(C)CC2(C)C. The molecular weight excluding hydrogens is 273 g/mol. The Labute approximate surface area is 132 Å². The van der Waals surface area contributed by atoms with Crippen LogP contribution in [0.15, 0.2) is 30.5 Å². The van der Waals surface area contributed by atoms with Gasteiger partial charge in [0.2, 0.25) is 5.69 Å².